The number of hydrogen-bond donors (Lipinski definition) is 3. The van der Waals surface area contributed by atoms with Crippen molar-refractivity contribution in [3.63, 3.8) is 0 Å². The van der Waals surface area contributed by atoms with Crippen molar-refractivity contribution in [2.24, 2.45) is 5.41 Å². The molecule has 0 aliphatic carbocycles. The van der Waals surface area contributed by atoms with E-state index in [1.165, 1.54) is 0 Å². The summed E-state index contributed by atoms with van der Waals surface area (Å²) in [5.41, 5.74) is 2.89. The van der Waals surface area contributed by atoms with E-state index in [2.05, 4.69) is 15.4 Å². The molecule has 0 radical (unpaired) electrons. The second kappa shape index (κ2) is 9.62. The Balaban J connectivity index is 1.90. The van der Waals surface area contributed by atoms with Crippen LogP contribution in [0.25, 0.3) is 0 Å². The van der Waals surface area contributed by atoms with Gasteiger partial charge in [0.25, 0.3) is 5.91 Å². The van der Waals surface area contributed by atoms with Crippen LogP contribution in [0.15, 0.2) is 41.3 Å². The summed E-state index contributed by atoms with van der Waals surface area (Å²) in [6.07, 6.45) is 0. The molecule has 0 unspecified atom stereocenters. The number of benzene rings is 2. The number of carbonyl (C=O) groups excluding carboxylic acids is 2. The molecule has 0 heterocycles. The molecule has 0 saturated heterocycles. The summed E-state index contributed by atoms with van der Waals surface area (Å²) in [6, 6.07) is 10.2. The van der Waals surface area contributed by atoms with Crippen LogP contribution < -0.4 is 15.4 Å². The lowest BCUT2D eigenvalue weighted by atomic mass is 9.95. The van der Waals surface area contributed by atoms with Crippen LogP contribution in [0.3, 0.4) is 0 Å². The number of sulfonamides is 1. The molecule has 7 nitrogen and oxygen atoms in total. The minimum absolute atomic E-state index is 0.0700. The number of hydrogen-bond acceptors (Lipinski definition) is 4. The van der Waals surface area contributed by atoms with E-state index in [-0.39, 0.29) is 29.8 Å². The van der Waals surface area contributed by atoms with Crippen molar-refractivity contribution in [3.05, 3.63) is 58.7 Å². The van der Waals surface area contributed by atoms with Crippen LogP contribution >= 0.6 is 0 Å². The molecule has 2 rings (SSSR count). The Hall–Kier alpha value is -2.71. The van der Waals surface area contributed by atoms with Crippen LogP contribution in [0, 0.1) is 26.2 Å². The van der Waals surface area contributed by atoms with Crippen molar-refractivity contribution in [3.8, 4) is 0 Å². The first-order valence-corrected chi connectivity index (χ1v) is 11.6. The third-order valence-corrected chi connectivity index (χ3v) is 6.43. The Morgan fingerprint density at radius 1 is 0.903 bits per heavy atom. The van der Waals surface area contributed by atoms with Crippen LogP contribution in [0.2, 0.25) is 0 Å². The number of nitrogens with one attached hydrogen (secondary N) is 3. The quantitative estimate of drug-likeness (QED) is 0.569. The SMILES string of the molecule is Cc1cc(C)c(S(=O)(=O)NCCNC(=O)c2ccc(NC(=O)C(C)(C)C)cc2)c(C)c1. The molecular weight excluding hydrogens is 414 g/mol. The molecule has 0 aromatic heterocycles. The molecule has 8 heteroatoms. The van der Waals surface area contributed by atoms with Crippen LogP contribution in [-0.2, 0) is 14.8 Å². The number of carbonyl (C=O) groups is 2. The van der Waals surface area contributed by atoms with Crippen molar-refractivity contribution >= 4 is 27.5 Å². The van der Waals surface area contributed by atoms with E-state index >= 15 is 0 Å². The number of anilines is 1. The van der Waals surface area contributed by atoms with Crippen molar-refractivity contribution in [1.82, 2.24) is 10.0 Å². The van der Waals surface area contributed by atoms with E-state index in [4.69, 9.17) is 0 Å². The Labute approximate surface area is 184 Å². The molecule has 2 amide bonds. The average molecular weight is 446 g/mol. The molecule has 0 saturated carbocycles. The van der Waals surface area contributed by atoms with Gasteiger partial charge >= 0.3 is 0 Å². The standard InChI is InChI=1S/C23H31N3O4S/c1-15-13-16(2)20(17(3)14-15)31(29,30)25-12-11-24-21(27)18-7-9-19(10-8-18)26-22(28)23(4,5)6/h7-10,13-14,25H,11-12H2,1-6H3,(H,24,27)(H,26,28). The van der Waals surface area contributed by atoms with Crippen LogP contribution in [0.4, 0.5) is 5.69 Å². The molecule has 2 aromatic rings. The van der Waals surface area contributed by atoms with E-state index in [0.717, 1.165) is 5.56 Å². The fourth-order valence-electron chi connectivity index (χ4n) is 3.15. The average Bonchev–Trinajstić information content (AvgIpc) is 2.63. The monoisotopic (exact) mass is 445 g/mol. The normalized spacial score (nSPS) is 11.8. The van der Waals surface area contributed by atoms with Gasteiger partial charge in [-0.2, -0.15) is 0 Å². The van der Waals surface area contributed by atoms with Crippen LogP contribution in [0.5, 0.6) is 0 Å². The van der Waals surface area contributed by atoms with Gasteiger partial charge in [-0.05, 0) is 56.2 Å². The maximum absolute atomic E-state index is 12.6. The summed E-state index contributed by atoms with van der Waals surface area (Å²) in [6.45, 7) is 11.1. The fraction of sp³-hybridized carbons (Fsp3) is 0.391. The molecule has 0 aliphatic rings. The number of aryl methyl sites for hydroxylation is 3. The Morgan fingerprint density at radius 3 is 1.97 bits per heavy atom. The van der Waals surface area contributed by atoms with Gasteiger partial charge in [-0.15, -0.1) is 0 Å². The van der Waals surface area contributed by atoms with Gasteiger partial charge in [-0.25, -0.2) is 13.1 Å². The predicted octanol–water partition coefficient (Wildman–Crippen LogP) is 3.30. The Kier molecular flexibility index (Phi) is 7.62. The Morgan fingerprint density at radius 2 is 1.45 bits per heavy atom. The van der Waals surface area contributed by atoms with Gasteiger partial charge in [0.1, 0.15) is 0 Å². The first-order chi connectivity index (χ1) is 14.3. The maximum atomic E-state index is 12.6. The number of amides is 2. The molecule has 2 aromatic carbocycles. The summed E-state index contributed by atoms with van der Waals surface area (Å²) in [4.78, 5) is 24.6. The lowest BCUT2D eigenvalue weighted by Crippen LogP contribution is -2.35. The topological polar surface area (TPSA) is 104 Å². The highest BCUT2D eigenvalue weighted by Gasteiger charge is 2.21. The first-order valence-electron chi connectivity index (χ1n) is 10.1. The zero-order valence-electron chi connectivity index (χ0n) is 18.9. The zero-order valence-corrected chi connectivity index (χ0v) is 19.7. The van der Waals surface area contributed by atoms with Gasteiger partial charge in [0.15, 0.2) is 0 Å². The molecule has 0 aliphatic heterocycles. The van der Waals surface area contributed by atoms with Gasteiger partial charge in [0.05, 0.1) is 4.90 Å². The largest absolute Gasteiger partial charge is 0.351 e. The highest BCUT2D eigenvalue weighted by Crippen LogP contribution is 2.21. The zero-order chi connectivity index (χ0) is 23.4. The van der Waals surface area contributed by atoms with E-state index in [1.807, 2.05) is 39.8 Å². The molecule has 168 valence electrons. The molecule has 0 spiro atoms. The van der Waals surface area contributed by atoms with Crippen molar-refractivity contribution in [1.29, 1.82) is 0 Å². The van der Waals surface area contributed by atoms with Gasteiger partial charge < -0.3 is 10.6 Å². The van der Waals surface area contributed by atoms with Crippen molar-refractivity contribution in [2.75, 3.05) is 18.4 Å². The molecule has 31 heavy (non-hydrogen) atoms. The number of rotatable bonds is 7. The molecular formula is C23H31N3O4S. The van der Waals surface area contributed by atoms with Gasteiger partial charge in [0.2, 0.25) is 15.9 Å². The van der Waals surface area contributed by atoms with Crippen molar-refractivity contribution in [2.45, 2.75) is 46.4 Å². The fourth-order valence-corrected chi connectivity index (χ4v) is 4.63. The summed E-state index contributed by atoms with van der Waals surface area (Å²) in [5, 5.41) is 5.49. The highest BCUT2D eigenvalue weighted by molar-refractivity contribution is 7.89. The van der Waals surface area contributed by atoms with E-state index in [9.17, 15) is 18.0 Å². The predicted molar refractivity (Wildman–Crippen MR) is 123 cm³/mol. The first kappa shape index (κ1) is 24.6. The van der Waals surface area contributed by atoms with Crippen LogP contribution in [0.1, 0.15) is 47.8 Å². The summed E-state index contributed by atoms with van der Waals surface area (Å²) in [5.74, 6) is -0.438. The third kappa shape index (κ3) is 6.63. The maximum Gasteiger partial charge on any atom is 0.251 e. The van der Waals surface area contributed by atoms with Gasteiger partial charge in [0, 0.05) is 29.8 Å². The van der Waals surface area contributed by atoms with E-state index in [0.29, 0.717) is 22.4 Å². The summed E-state index contributed by atoms with van der Waals surface area (Å²) in [7, 11) is -3.67. The molecule has 0 atom stereocenters. The van der Waals surface area contributed by atoms with Gasteiger partial charge in [-0.3, -0.25) is 9.59 Å². The van der Waals surface area contributed by atoms with Gasteiger partial charge in [-0.1, -0.05) is 38.5 Å². The van der Waals surface area contributed by atoms with Crippen molar-refractivity contribution < 1.29 is 18.0 Å². The van der Waals surface area contributed by atoms with E-state index in [1.54, 1.807) is 38.1 Å². The van der Waals surface area contributed by atoms with Crippen LogP contribution in [-0.4, -0.2) is 33.3 Å². The molecule has 0 fully saturated rings. The molecule has 0 bridgehead atoms. The second-order valence-electron chi connectivity index (χ2n) is 8.66. The highest BCUT2D eigenvalue weighted by atomic mass is 32.2. The summed E-state index contributed by atoms with van der Waals surface area (Å²) >= 11 is 0. The second-order valence-corrected chi connectivity index (χ2v) is 10.4. The Bertz CT molecular complexity index is 1050. The lowest BCUT2D eigenvalue weighted by molar-refractivity contribution is -0.123. The minimum Gasteiger partial charge on any atom is -0.351 e. The molecule has 3 N–H and O–H groups in total. The summed E-state index contributed by atoms with van der Waals surface area (Å²) < 4.78 is 27.8. The lowest BCUT2D eigenvalue weighted by Gasteiger charge is -2.17. The minimum atomic E-state index is -3.67. The smallest absolute Gasteiger partial charge is 0.251 e. The van der Waals surface area contributed by atoms with E-state index < -0.39 is 15.4 Å². The third-order valence-electron chi connectivity index (χ3n) is 4.66.